The first-order valence-corrected chi connectivity index (χ1v) is 6.40. The number of aromatic nitrogens is 2. The van der Waals surface area contributed by atoms with E-state index in [1.165, 1.54) is 0 Å². The van der Waals surface area contributed by atoms with E-state index in [1.807, 2.05) is 6.07 Å². The maximum atomic E-state index is 10.6. The zero-order valence-corrected chi connectivity index (χ0v) is 11.1. The van der Waals surface area contributed by atoms with Gasteiger partial charge in [-0.05, 0) is 29.8 Å². The number of pyridine rings is 2. The number of fused-ring (bicyclic) bond motifs is 1. The van der Waals surface area contributed by atoms with Crippen molar-refractivity contribution in [1.82, 2.24) is 9.97 Å². The average Bonchev–Trinajstić information content (AvgIpc) is 2.49. The third-order valence-corrected chi connectivity index (χ3v) is 3.01. The summed E-state index contributed by atoms with van der Waals surface area (Å²) in [6, 6.07) is 10.6. The van der Waals surface area contributed by atoms with E-state index in [0.29, 0.717) is 11.5 Å². The molecule has 0 aliphatic heterocycles. The van der Waals surface area contributed by atoms with E-state index in [4.69, 9.17) is 9.84 Å². The lowest BCUT2D eigenvalue weighted by Gasteiger charge is -2.08. The second kappa shape index (κ2) is 5.58. The maximum absolute atomic E-state index is 10.6. The number of benzene rings is 1. The monoisotopic (exact) mass is 280 g/mol. The molecule has 0 spiro atoms. The summed E-state index contributed by atoms with van der Waals surface area (Å²) in [4.78, 5) is 19.0. The Bertz CT molecular complexity index is 780. The largest absolute Gasteiger partial charge is 0.481 e. The predicted molar refractivity (Wildman–Crippen MR) is 77.4 cm³/mol. The molecule has 2 heterocycles. The van der Waals surface area contributed by atoms with Gasteiger partial charge in [0, 0.05) is 18.6 Å². The minimum absolute atomic E-state index is 0.00237. The SMILES string of the molecule is O=C(O)Cc1ccc(Oc2ccnc3ccncc23)cc1. The molecule has 1 aromatic carbocycles. The van der Waals surface area contributed by atoms with Crippen LogP contribution < -0.4 is 4.74 Å². The van der Waals surface area contributed by atoms with Crippen molar-refractivity contribution < 1.29 is 14.6 Å². The Balaban J connectivity index is 1.87. The smallest absolute Gasteiger partial charge is 0.307 e. The van der Waals surface area contributed by atoms with Crippen molar-refractivity contribution in [2.24, 2.45) is 0 Å². The van der Waals surface area contributed by atoms with E-state index in [0.717, 1.165) is 16.5 Å². The third kappa shape index (κ3) is 2.97. The standard InChI is InChI=1S/C16H12N2O3/c19-16(20)9-11-1-3-12(4-2-11)21-15-6-8-18-14-5-7-17-10-13(14)15/h1-8,10H,9H2,(H,19,20). The maximum Gasteiger partial charge on any atom is 0.307 e. The van der Waals surface area contributed by atoms with Crippen LogP contribution in [-0.4, -0.2) is 21.0 Å². The summed E-state index contributed by atoms with van der Waals surface area (Å²) < 4.78 is 5.82. The van der Waals surface area contributed by atoms with Gasteiger partial charge in [-0.2, -0.15) is 0 Å². The Morgan fingerprint density at radius 2 is 1.90 bits per heavy atom. The fourth-order valence-electron chi connectivity index (χ4n) is 2.03. The zero-order chi connectivity index (χ0) is 14.7. The first kappa shape index (κ1) is 13.1. The molecule has 3 aromatic rings. The molecule has 0 amide bonds. The molecule has 5 heteroatoms. The molecule has 0 bridgehead atoms. The van der Waals surface area contributed by atoms with E-state index in [2.05, 4.69) is 9.97 Å². The summed E-state index contributed by atoms with van der Waals surface area (Å²) in [6.07, 6.45) is 5.06. The van der Waals surface area contributed by atoms with Crippen LogP contribution in [0.3, 0.4) is 0 Å². The highest BCUT2D eigenvalue weighted by atomic mass is 16.5. The summed E-state index contributed by atoms with van der Waals surface area (Å²) in [5, 5.41) is 9.57. The van der Waals surface area contributed by atoms with Gasteiger partial charge < -0.3 is 9.84 Å². The molecule has 0 saturated heterocycles. The molecule has 21 heavy (non-hydrogen) atoms. The number of rotatable bonds is 4. The van der Waals surface area contributed by atoms with E-state index >= 15 is 0 Å². The van der Waals surface area contributed by atoms with Gasteiger partial charge in [-0.1, -0.05) is 12.1 Å². The Kier molecular flexibility index (Phi) is 3.47. The summed E-state index contributed by atoms with van der Waals surface area (Å²) in [6.45, 7) is 0. The van der Waals surface area contributed by atoms with Crippen molar-refractivity contribution >= 4 is 16.9 Å². The van der Waals surface area contributed by atoms with E-state index in [1.54, 1.807) is 48.9 Å². The number of nitrogens with zero attached hydrogens (tertiary/aromatic N) is 2. The molecule has 0 aliphatic carbocycles. The normalized spacial score (nSPS) is 10.5. The number of aliphatic carboxylic acids is 1. The quantitative estimate of drug-likeness (QED) is 0.795. The van der Waals surface area contributed by atoms with Gasteiger partial charge in [0.05, 0.1) is 17.3 Å². The van der Waals surface area contributed by atoms with Crippen molar-refractivity contribution in [2.75, 3.05) is 0 Å². The fraction of sp³-hybridized carbons (Fsp3) is 0.0625. The summed E-state index contributed by atoms with van der Waals surface area (Å²) in [7, 11) is 0. The summed E-state index contributed by atoms with van der Waals surface area (Å²) in [5.74, 6) is 0.453. The van der Waals surface area contributed by atoms with Gasteiger partial charge >= 0.3 is 5.97 Å². The van der Waals surface area contributed by atoms with Crippen LogP contribution in [0.1, 0.15) is 5.56 Å². The van der Waals surface area contributed by atoms with Crippen molar-refractivity contribution in [3.05, 3.63) is 60.6 Å². The molecule has 2 aromatic heterocycles. The number of ether oxygens (including phenoxy) is 1. The lowest BCUT2D eigenvalue weighted by molar-refractivity contribution is -0.136. The molecular weight excluding hydrogens is 268 g/mol. The predicted octanol–water partition coefficient (Wildman–Crippen LogP) is 3.05. The van der Waals surface area contributed by atoms with Crippen molar-refractivity contribution in [1.29, 1.82) is 0 Å². The second-order valence-corrected chi connectivity index (χ2v) is 4.52. The zero-order valence-electron chi connectivity index (χ0n) is 11.1. The highest BCUT2D eigenvalue weighted by molar-refractivity contribution is 5.83. The average molecular weight is 280 g/mol. The molecule has 0 radical (unpaired) electrons. The van der Waals surface area contributed by atoms with Crippen molar-refractivity contribution in [2.45, 2.75) is 6.42 Å². The lowest BCUT2D eigenvalue weighted by atomic mass is 10.1. The second-order valence-electron chi connectivity index (χ2n) is 4.52. The van der Waals surface area contributed by atoms with E-state index < -0.39 is 5.97 Å². The lowest BCUT2D eigenvalue weighted by Crippen LogP contribution is -1.99. The van der Waals surface area contributed by atoms with Gasteiger partial charge in [-0.3, -0.25) is 14.8 Å². The van der Waals surface area contributed by atoms with Crippen LogP contribution in [-0.2, 0) is 11.2 Å². The first-order chi connectivity index (χ1) is 10.2. The summed E-state index contributed by atoms with van der Waals surface area (Å²) in [5.41, 5.74) is 1.54. The number of hydrogen-bond acceptors (Lipinski definition) is 4. The Morgan fingerprint density at radius 3 is 2.67 bits per heavy atom. The molecule has 0 aliphatic rings. The molecule has 0 saturated carbocycles. The van der Waals surface area contributed by atoms with Crippen molar-refractivity contribution in [3.63, 3.8) is 0 Å². The van der Waals surface area contributed by atoms with Crippen LogP contribution in [0.25, 0.3) is 10.9 Å². The highest BCUT2D eigenvalue weighted by Crippen LogP contribution is 2.28. The Hall–Kier alpha value is -2.95. The Morgan fingerprint density at radius 1 is 1.10 bits per heavy atom. The topological polar surface area (TPSA) is 72.3 Å². The van der Waals surface area contributed by atoms with Crippen LogP contribution in [0.2, 0.25) is 0 Å². The van der Waals surface area contributed by atoms with Gasteiger partial charge in [-0.25, -0.2) is 0 Å². The fourth-order valence-corrected chi connectivity index (χ4v) is 2.03. The van der Waals surface area contributed by atoms with Gasteiger partial charge in [-0.15, -0.1) is 0 Å². The number of carboxylic acids is 1. The molecule has 0 fully saturated rings. The van der Waals surface area contributed by atoms with Gasteiger partial charge in [0.25, 0.3) is 0 Å². The molecule has 104 valence electrons. The molecule has 1 N–H and O–H groups in total. The molecule has 0 unspecified atom stereocenters. The number of carbonyl (C=O) groups is 1. The molecule has 3 rings (SSSR count). The minimum Gasteiger partial charge on any atom is -0.481 e. The molecule has 5 nitrogen and oxygen atoms in total. The van der Waals surface area contributed by atoms with Crippen LogP contribution in [0.15, 0.2) is 55.0 Å². The van der Waals surface area contributed by atoms with Crippen LogP contribution in [0.4, 0.5) is 0 Å². The van der Waals surface area contributed by atoms with Crippen LogP contribution >= 0.6 is 0 Å². The third-order valence-electron chi connectivity index (χ3n) is 3.01. The highest BCUT2D eigenvalue weighted by Gasteiger charge is 2.05. The van der Waals surface area contributed by atoms with Crippen LogP contribution in [0, 0.1) is 0 Å². The van der Waals surface area contributed by atoms with Gasteiger partial charge in [0.2, 0.25) is 0 Å². The van der Waals surface area contributed by atoms with Crippen molar-refractivity contribution in [3.8, 4) is 11.5 Å². The van der Waals surface area contributed by atoms with E-state index in [9.17, 15) is 4.79 Å². The molecular formula is C16H12N2O3. The van der Waals surface area contributed by atoms with Gasteiger partial charge in [0.1, 0.15) is 11.5 Å². The Labute approximate surface area is 120 Å². The minimum atomic E-state index is -0.852. The number of hydrogen-bond donors (Lipinski definition) is 1. The van der Waals surface area contributed by atoms with E-state index in [-0.39, 0.29) is 6.42 Å². The first-order valence-electron chi connectivity index (χ1n) is 6.40. The number of carboxylic acid groups (broad SMARTS) is 1. The van der Waals surface area contributed by atoms with Gasteiger partial charge in [0.15, 0.2) is 0 Å². The van der Waals surface area contributed by atoms with Crippen LogP contribution in [0.5, 0.6) is 11.5 Å². The molecule has 0 atom stereocenters. The summed E-state index contributed by atoms with van der Waals surface area (Å²) >= 11 is 0.